The Labute approximate surface area is 124 Å². The van der Waals surface area contributed by atoms with E-state index in [2.05, 4.69) is 0 Å². The lowest BCUT2D eigenvalue weighted by molar-refractivity contribution is -0.137. The van der Waals surface area contributed by atoms with Crippen molar-refractivity contribution in [3.63, 3.8) is 0 Å². The monoisotopic (exact) mass is 318 g/mol. The summed E-state index contributed by atoms with van der Waals surface area (Å²) in [7, 11) is 1.32. The minimum atomic E-state index is -4.45. The van der Waals surface area contributed by atoms with Gasteiger partial charge in [0.25, 0.3) is 0 Å². The van der Waals surface area contributed by atoms with Crippen LogP contribution in [0.1, 0.15) is 22.1 Å². The van der Waals surface area contributed by atoms with Crippen LogP contribution in [0.15, 0.2) is 42.5 Å². The van der Waals surface area contributed by atoms with Crippen molar-refractivity contribution in [2.75, 3.05) is 7.11 Å². The SMILES string of the molecule is COc1ccc(C(Cl)c2cccc(C(F)(F)F)c2)cc1F. The summed E-state index contributed by atoms with van der Waals surface area (Å²) in [6, 6.07) is 8.70. The topological polar surface area (TPSA) is 9.23 Å². The second kappa shape index (κ2) is 5.93. The Bertz CT molecular complexity index is 640. The van der Waals surface area contributed by atoms with Crippen LogP contribution in [0.4, 0.5) is 17.6 Å². The van der Waals surface area contributed by atoms with Crippen LogP contribution < -0.4 is 4.74 Å². The van der Waals surface area contributed by atoms with Crippen LogP contribution in [-0.4, -0.2) is 7.11 Å². The largest absolute Gasteiger partial charge is 0.494 e. The zero-order chi connectivity index (χ0) is 15.6. The third kappa shape index (κ3) is 3.47. The van der Waals surface area contributed by atoms with E-state index in [4.69, 9.17) is 16.3 Å². The predicted molar refractivity (Wildman–Crippen MR) is 72.1 cm³/mol. The number of ether oxygens (including phenoxy) is 1. The molecule has 2 aromatic rings. The second-order valence-corrected chi connectivity index (χ2v) is 4.82. The van der Waals surface area contributed by atoms with Crippen LogP contribution in [0.25, 0.3) is 0 Å². The minimum absolute atomic E-state index is 0.0478. The van der Waals surface area contributed by atoms with E-state index in [1.54, 1.807) is 0 Å². The molecule has 0 bridgehead atoms. The molecule has 0 aliphatic carbocycles. The molecule has 0 fully saturated rings. The van der Waals surface area contributed by atoms with Crippen molar-refractivity contribution in [3.8, 4) is 5.75 Å². The van der Waals surface area contributed by atoms with Gasteiger partial charge in [0, 0.05) is 0 Å². The van der Waals surface area contributed by atoms with E-state index in [0.717, 1.165) is 18.2 Å². The molecular weight excluding hydrogens is 308 g/mol. The fourth-order valence-corrected chi connectivity index (χ4v) is 2.18. The van der Waals surface area contributed by atoms with E-state index in [9.17, 15) is 17.6 Å². The number of alkyl halides is 4. The lowest BCUT2D eigenvalue weighted by atomic mass is 10.0. The highest BCUT2D eigenvalue weighted by Gasteiger charge is 2.31. The average molecular weight is 319 g/mol. The third-order valence-electron chi connectivity index (χ3n) is 2.98. The fraction of sp³-hybridized carbons (Fsp3) is 0.200. The molecule has 1 atom stereocenters. The van der Waals surface area contributed by atoms with Crippen LogP contribution in [0, 0.1) is 5.82 Å². The van der Waals surface area contributed by atoms with Gasteiger partial charge in [0.1, 0.15) is 0 Å². The van der Waals surface area contributed by atoms with Gasteiger partial charge in [-0.15, -0.1) is 11.6 Å². The quantitative estimate of drug-likeness (QED) is 0.559. The zero-order valence-electron chi connectivity index (χ0n) is 10.9. The van der Waals surface area contributed by atoms with Crippen LogP contribution in [0.3, 0.4) is 0 Å². The van der Waals surface area contributed by atoms with Crippen molar-refractivity contribution in [2.45, 2.75) is 11.6 Å². The van der Waals surface area contributed by atoms with Crippen molar-refractivity contribution >= 4 is 11.6 Å². The molecule has 0 radical (unpaired) electrons. The molecule has 1 nitrogen and oxygen atoms in total. The van der Waals surface area contributed by atoms with Gasteiger partial charge in [-0.2, -0.15) is 13.2 Å². The van der Waals surface area contributed by atoms with Crippen molar-refractivity contribution in [2.24, 2.45) is 0 Å². The molecule has 0 saturated heterocycles. The highest BCUT2D eigenvalue weighted by atomic mass is 35.5. The zero-order valence-corrected chi connectivity index (χ0v) is 11.7. The normalized spacial score (nSPS) is 13.0. The van der Waals surface area contributed by atoms with Crippen LogP contribution in [0.5, 0.6) is 5.75 Å². The standard InChI is InChI=1S/C15H11ClF4O/c1-21-13-6-5-10(8-12(13)17)14(16)9-3-2-4-11(7-9)15(18,19)20/h2-8,14H,1H3. The van der Waals surface area contributed by atoms with E-state index in [1.807, 2.05) is 0 Å². The second-order valence-electron chi connectivity index (χ2n) is 4.38. The number of rotatable bonds is 3. The Kier molecular flexibility index (Phi) is 4.42. The van der Waals surface area contributed by atoms with Gasteiger partial charge >= 0.3 is 6.18 Å². The summed E-state index contributed by atoms with van der Waals surface area (Å²) in [6.45, 7) is 0. The van der Waals surface area contributed by atoms with E-state index >= 15 is 0 Å². The smallest absolute Gasteiger partial charge is 0.416 e. The molecular formula is C15H11ClF4O. The molecule has 0 aliphatic heterocycles. The van der Waals surface area contributed by atoms with Crippen LogP contribution >= 0.6 is 11.6 Å². The molecule has 6 heteroatoms. The van der Waals surface area contributed by atoms with Crippen molar-refractivity contribution in [3.05, 3.63) is 65.0 Å². The van der Waals surface area contributed by atoms with Gasteiger partial charge in [-0.25, -0.2) is 4.39 Å². The van der Waals surface area contributed by atoms with Gasteiger partial charge in [0.15, 0.2) is 11.6 Å². The molecule has 2 aromatic carbocycles. The van der Waals surface area contributed by atoms with Gasteiger partial charge in [-0.3, -0.25) is 0 Å². The van der Waals surface area contributed by atoms with Crippen LogP contribution in [-0.2, 0) is 6.18 Å². The molecule has 0 spiro atoms. The maximum Gasteiger partial charge on any atom is 0.416 e. The number of methoxy groups -OCH3 is 1. The summed E-state index contributed by atoms with van der Waals surface area (Å²) in [5, 5.41) is -0.882. The highest BCUT2D eigenvalue weighted by Crippen LogP contribution is 2.35. The van der Waals surface area contributed by atoms with Crippen LogP contribution in [0.2, 0.25) is 0 Å². The van der Waals surface area contributed by atoms with Crippen molar-refractivity contribution in [1.29, 1.82) is 0 Å². The number of benzene rings is 2. The van der Waals surface area contributed by atoms with Gasteiger partial charge in [-0.1, -0.05) is 18.2 Å². The van der Waals surface area contributed by atoms with E-state index in [0.29, 0.717) is 5.56 Å². The van der Waals surface area contributed by atoms with Gasteiger partial charge < -0.3 is 4.74 Å². The Balaban J connectivity index is 2.36. The molecule has 0 saturated carbocycles. The number of halogens is 5. The Morgan fingerprint density at radius 3 is 2.29 bits per heavy atom. The van der Waals surface area contributed by atoms with E-state index in [-0.39, 0.29) is 11.3 Å². The molecule has 0 N–H and O–H groups in total. The average Bonchev–Trinajstić information content (AvgIpc) is 2.45. The Hall–Kier alpha value is -1.75. The summed E-state index contributed by atoms with van der Waals surface area (Å²) in [6.07, 6.45) is -4.45. The highest BCUT2D eigenvalue weighted by molar-refractivity contribution is 6.22. The summed E-state index contributed by atoms with van der Waals surface area (Å²) in [4.78, 5) is 0. The van der Waals surface area contributed by atoms with Crippen molar-refractivity contribution in [1.82, 2.24) is 0 Å². The summed E-state index contributed by atoms with van der Waals surface area (Å²) in [5.41, 5.74) is -0.190. The molecule has 0 aliphatic rings. The number of hydrogen-bond acceptors (Lipinski definition) is 1. The maximum atomic E-state index is 13.6. The van der Waals surface area contributed by atoms with Gasteiger partial charge in [-0.05, 0) is 35.4 Å². The third-order valence-corrected chi connectivity index (χ3v) is 3.48. The first-order valence-electron chi connectivity index (χ1n) is 5.97. The first-order valence-corrected chi connectivity index (χ1v) is 6.41. The fourth-order valence-electron chi connectivity index (χ4n) is 1.91. The van der Waals surface area contributed by atoms with Gasteiger partial charge in [0.2, 0.25) is 0 Å². The van der Waals surface area contributed by atoms with Crippen molar-refractivity contribution < 1.29 is 22.3 Å². The number of hydrogen-bond donors (Lipinski definition) is 0. The molecule has 1 unspecified atom stereocenters. The summed E-state index contributed by atoms with van der Waals surface area (Å²) in [5.74, 6) is -0.570. The molecule has 0 heterocycles. The molecule has 0 amide bonds. The minimum Gasteiger partial charge on any atom is -0.494 e. The maximum absolute atomic E-state index is 13.6. The van der Waals surface area contributed by atoms with E-state index in [1.165, 1.54) is 31.4 Å². The predicted octanol–water partition coefficient (Wildman–Crippen LogP) is 5.18. The molecule has 2 rings (SSSR count). The lowest BCUT2D eigenvalue weighted by Gasteiger charge is -2.14. The molecule has 112 valence electrons. The first-order chi connectivity index (χ1) is 9.82. The lowest BCUT2D eigenvalue weighted by Crippen LogP contribution is -2.06. The molecule has 21 heavy (non-hydrogen) atoms. The van der Waals surface area contributed by atoms with Gasteiger partial charge in [0.05, 0.1) is 18.1 Å². The summed E-state index contributed by atoms with van der Waals surface area (Å²) < 4.78 is 56.4. The van der Waals surface area contributed by atoms with E-state index < -0.39 is 22.9 Å². The first kappa shape index (κ1) is 15.6. The summed E-state index contributed by atoms with van der Waals surface area (Å²) >= 11 is 6.15. The Morgan fingerprint density at radius 2 is 1.71 bits per heavy atom. The Morgan fingerprint density at radius 1 is 1.05 bits per heavy atom. The molecule has 0 aromatic heterocycles.